The average Bonchev–Trinajstić information content (AvgIpc) is 3.02. The molecular formula is C37H42N2O4. The largest absolute Gasteiger partial charge is 0.494 e. The SMILES string of the molecule is CCc1ccc(CCCCOc2ccc3ccc(/C=C/c4cccc(NC(=O)CC(CC)(CC)C(=O)O)c4)nc3c2)cc1. The van der Waals surface area contributed by atoms with Crippen LogP contribution in [0.1, 0.15) is 75.3 Å². The molecule has 6 heteroatoms. The molecule has 224 valence electrons. The summed E-state index contributed by atoms with van der Waals surface area (Å²) < 4.78 is 6.04. The molecule has 43 heavy (non-hydrogen) atoms. The summed E-state index contributed by atoms with van der Waals surface area (Å²) in [4.78, 5) is 29.2. The van der Waals surface area contributed by atoms with Crippen molar-refractivity contribution in [3.05, 3.63) is 101 Å². The van der Waals surface area contributed by atoms with Crippen molar-refractivity contribution >= 4 is 40.6 Å². The van der Waals surface area contributed by atoms with Crippen LogP contribution in [0.4, 0.5) is 5.69 Å². The molecular weight excluding hydrogens is 536 g/mol. The summed E-state index contributed by atoms with van der Waals surface area (Å²) in [7, 11) is 0. The maximum Gasteiger partial charge on any atom is 0.310 e. The van der Waals surface area contributed by atoms with Crippen LogP contribution in [-0.4, -0.2) is 28.6 Å². The van der Waals surface area contributed by atoms with E-state index in [1.54, 1.807) is 19.9 Å². The molecule has 0 radical (unpaired) electrons. The zero-order valence-electron chi connectivity index (χ0n) is 25.4. The number of carbonyl (C=O) groups is 2. The van der Waals surface area contributed by atoms with Gasteiger partial charge in [0.2, 0.25) is 5.91 Å². The molecule has 6 nitrogen and oxygen atoms in total. The van der Waals surface area contributed by atoms with Gasteiger partial charge in [0.1, 0.15) is 5.75 Å². The van der Waals surface area contributed by atoms with E-state index in [2.05, 4.69) is 36.5 Å². The second-order valence-corrected chi connectivity index (χ2v) is 11.0. The van der Waals surface area contributed by atoms with E-state index in [9.17, 15) is 14.7 Å². The van der Waals surface area contributed by atoms with Crippen molar-refractivity contribution < 1.29 is 19.4 Å². The topological polar surface area (TPSA) is 88.5 Å². The number of aryl methyl sites for hydroxylation is 2. The Balaban J connectivity index is 1.33. The van der Waals surface area contributed by atoms with Gasteiger partial charge in [-0.2, -0.15) is 0 Å². The number of fused-ring (bicyclic) bond motifs is 1. The normalized spacial score (nSPS) is 11.6. The van der Waals surface area contributed by atoms with Crippen LogP contribution in [0.3, 0.4) is 0 Å². The highest BCUT2D eigenvalue weighted by molar-refractivity contribution is 5.94. The fraction of sp³-hybridized carbons (Fsp3) is 0.324. The summed E-state index contributed by atoms with van der Waals surface area (Å²) in [5.41, 5.74) is 4.90. The lowest BCUT2D eigenvalue weighted by Crippen LogP contribution is -2.34. The highest BCUT2D eigenvalue weighted by Crippen LogP contribution is 2.31. The number of amides is 1. The second kappa shape index (κ2) is 15.1. The van der Waals surface area contributed by atoms with Gasteiger partial charge in [-0.25, -0.2) is 4.98 Å². The Morgan fingerprint density at radius 1 is 0.884 bits per heavy atom. The van der Waals surface area contributed by atoms with Crippen LogP contribution in [0.15, 0.2) is 78.9 Å². The number of ether oxygens (including phenoxy) is 1. The second-order valence-electron chi connectivity index (χ2n) is 11.0. The monoisotopic (exact) mass is 578 g/mol. The van der Waals surface area contributed by atoms with E-state index in [1.165, 1.54) is 11.1 Å². The number of carbonyl (C=O) groups excluding carboxylic acids is 1. The number of hydrogen-bond donors (Lipinski definition) is 2. The third-order valence-corrected chi connectivity index (χ3v) is 8.17. The van der Waals surface area contributed by atoms with Crippen LogP contribution in [0.2, 0.25) is 0 Å². The van der Waals surface area contributed by atoms with Crippen LogP contribution in [-0.2, 0) is 22.4 Å². The molecule has 0 unspecified atom stereocenters. The number of benzene rings is 3. The van der Waals surface area contributed by atoms with E-state index < -0.39 is 11.4 Å². The average molecular weight is 579 g/mol. The predicted molar refractivity (Wildman–Crippen MR) is 175 cm³/mol. The number of pyridine rings is 1. The Hall–Kier alpha value is -4.45. The minimum absolute atomic E-state index is 0.0599. The van der Waals surface area contributed by atoms with E-state index in [1.807, 2.05) is 60.7 Å². The molecule has 0 aliphatic rings. The molecule has 1 aromatic heterocycles. The third-order valence-electron chi connectivity index (χ3n) is 8.17. The Labute approximate surface area is 254 Å². The van der Waals surface area contributed by atoms with Crippen molar-refractivity contribution in [2.24, 2.45) is 5.41 Å². The Bertz CT molecular complexity index is 1550. The Morgan fingerprint density at radius 3 is 2.35 bits per heavy atom. The quantitative estimate of drug-likeness (QED) is 0.138. The van der Waals surface area contributed by atoms with E-state index >= 15 is 0 Å². The number of nitrogens with zero attached hydrogens (tertiary/aromatic N) is 1. The van der Waals surface area contributed by atoms with Gasteiger partial charge in [-0.15, -0.1) is 0 Å². The fourth-order valence-electron chi connectivity index (χ4n) is 5.15. The van der Waals surface area contributed by atoms with Crippen molar-refractivity contribution in [3.8, 4) is 5.75 Å². The molecule has 0 fully saturated rings. The lowest BCUT2D eigenvalue weighted by Gasteiger charge is -2.25. The standard InChI is InChI=1S/C37H42N2O4/c1-4-27-13-15-28(16-14-27)10-7-8-23-43-33-22-19-30-18-21-31(38-34(30)25-33)20-17-29-11-9-12-32(24-29)39-35(40)26-37(5-2,6-3)36(41)42/h9,11-22,24-25H,4-8,10,23,26H2,1-3H3,(H,39,40)(H,41,42)/b20-17+. The first-order valence-corrected chi connectivity index (χ1v) is 15.3. The van der Waals surface area contributed by atoms with E-state index in [-0.39, 0.29) is 12.3 Å². The molecule has 1 amide bonds. The first kappa shape index (κ1) is 31.5. The molecule has 2 N–H and O–H groups in total. The van der Waals surface area contributed by atoms with Crippen molar-refractivity contribution in [2.75, 3.05) is 11.9 Å². The summed E-state index contributed by atoms with van der Waals surface area (Å²) in [6, 6.07) is 26.4. The minimum Gasteiger partial charge on any atom is -0.494 e. The first-order chi connectivity index (χ1) is 20.8. The molecule has 0 aliphatic carbocycles. The number of aliphatic carboxylic acids is 1. The summed E-state index contributed by atoms with van der Waals surface area (Å²) >= 11 is 0. The van der Waals surface area contributed by atoms with E-state index in [4.69, 9.17) is 9.72 Å². The summed E-state index contributed by atoms with van der Waals surface area (Å²) in [6.45, 7) is 6.45. The van der Waals surface area contributed by atoms with E-state index in [0.29, 0.717) is 25.1 Å². The van der Waals surface area contributed by atoms with Gasteiger partial charge in [-0.3, -0.25) is 9.59 Å². The molecule has 0 spiro atoms. The lowest BCUT2D eigenvalue weighted by atomic mass is 9.79. The number of aromatic nitrogens is 1. The predicted octanol–water partition coefficient (Wildman–Crippen LogP) is 8.59. The molecule has 4 aromatic rings. The molecule has 0 saturated carbocycles. The van der Waals surface area contributed by atoms with Crippen LogP contribution < -0.4 is 10.1 Å². The summed E-state index contributed by atoms with van der Waals surface area (Å²) in [6.07, 6.45) is 8.81. The maximum absolute atomic E-state index is 12.7. The number of hydrogen-bond acceptors (Lipinski definition) is 4. The van der Waals surface area contributed by atoms with Crippen molar-refractivity contribution in [3.63, 3.8) is 0 Å². The van der Waals surface area contributed by atoms with Gasteiger partial charge < -0.3 is 15.2 Å². The van der Waals surface area contributed by atoms with Crippen LogP contribution in [0.25, 0.3) is 23.1 Å². The van der Waals surface area contributed by atoms with Crippen LogP contribution in [0, 0.1) is 5.41 Å². The van der Waals surface area contributed by atoms with Gasteiger partial charge in [0, 0.05) is 23.6 Å². The number of anilines is 1. The van der Waals surface area contributed by atoms with Gasteiger partial charge in [0.05, 0.1) is 23.2 Å². The lowest BCUT2D eigenvalue weighted by molar-refractivity contribution is -0.151. The van der Waals surface area contributed by atoms with E-state index in [0.717, 1.165) is 53.6 Å². The Morgan fingerprint density at radius 2 is 1.63 bits per heavy atom. The zero-order chi connectivity index (χ0) is 30.7. The van der Waals surface area contributed by atoms with Crippen LogP contribution >= 0.6 is 0 Å². The number of rotatable bonds is 15. The van der Waals surface area contributed by atoms with Gasteiger partial charge in [-0.1, -0.05) is 69.3 Å². The van der Waals surface area contributed by atoms with Crippen molar-refractivity contribution in [1.82, 2.24) is 4.98 Å². The fourth-order valence-corrected chi connectivity index (χ4v) is 5.15. The minimum atomic E-state index is -1.05. The molecule has 0 atom stereocenters. The molecule has 0 aliphatic heterocycles. The van der Waals surface area contributed by atoms with Gasteiger partial charge >= 0.3 is 5.97 Å². The summed E-state index contributed by atoms with van der Waals surface area (Å²) in [5.74, 6) is -0.423. The van der Waals surface area contributed by atoms with Crippen molar-refractivity contribution in [1.29, 1.82) is 0 Å². The Kier molecular flexibility index (Phi) is 11.1. The molecule has 4 rings (SSSR count). The highest BCUT2D eigenvalue weighted by atomic mass is 16.5. The van der Waals surface area contributed by atoms with Gasteiger partial charge in [0.25, 0.3) is 0 Å². The smallest absolute Gasteiger partial charge is 0.310 e. The number of carboxylic acids is 1. The molecule has 1 heterocycles. The van der Waals surface area contributed by atoms with Gasteiger partial charge in [0.15, 0.2) is 0 Å². The molecule has 0 saturated heterocycles. The first-order valence-electron chi connectivity index (χ1n) is 15.3. The summed E-state index contributed by atoms with van der Waals surface area (Å²) in [5, 5.41) is 13.6. The molecule has 3 aromatic carbocycles. The zero-order valence-corrected chi connectivity index (χ0v) is 25.4. The number of unbranched alkanes of at least 4 members (excludes halogenated alkanes) is 1. The van der Waals surface area contributed by atoms with Crippen molar-refractivity contribution in [2.45, 2.75) is 65.7 Å². The van der Waals surface area contributed by atoms with Gasteiger partial charge in [-0.05, 0) is 91.6 Å². The third kappa shape index (κ3) is 8.77. The highest BCUT2D eigenvalue weighted by Gasteiger charge is 2.37. The van der Waals surface area contributed by atoms with Crippen LogP contribution in [0.5, 0.6) is 5.75 Å². The molecule has 0 bridgehead atoms. The number of nitrogens with one attached hydrogen (secondary N) is 1. The maximum atomic E-state index is 12.7. The number of carboxylic acid groups (broad SMARTS) is 1.